The van der Waals surface area contributed by atoms with Gasteiger partial charge in [-0.05, 0) is 18.6 Å². The summed E-state index contributed by atoms with van der Waals surface area (Å²) in [4.78, 5) is 4.49. The van der Waals surface area contributed by atoms with Crippen LogP contribution in [0.1, 0.15) is 6.42 Å². The predicted octanol–water partition coefficient (Wildman–Crippen LogP) is 3.35. The van der Waals surface area contributed by atoms with Crippen LogP contribution in [-0.4, -0.2) is 30.6 Å². The van der Waals surface area contributed by atoms with Crippen molar-refractivity contribution in [2.75, 3.05) is 25.6 Å². The SMILES string of the molecule is COCC(Cl)CCNc1nc2ccccc2s1. The molecule has 0 bridgehead atoms. The van der Waals surface area contributed by atoms with E-state index in [1.807, 2.05) is 18.2 Å². The van der Waals surface area contributed by atoms with Gasteiger partial charge in [-0.25, -0.2) is 4.98 Å². The van der Waals surface area contributed by atoms with Gasteiger partial charge in [0, 0.05) is 13.7 Å². The maximum absolute atomic E-state index is 6.04. The summed E-state index contributed by atoms with van der Waals surface area (Å²) in [6.07, 6.45) is 0.866. The number of fused-ring (bicyclic) bond motifs is 1. The molecule has 0 aliphatic rings. The molecule has 5 heteroatoms. The Kier molecular flexibility index (Phi) is 4.59. The lowest BCUT2D eigenvalue weighted by Crippen LogP contribution is -2.13. The molecule has 1 N–H and O–H groups in total. The van der Waals surface area contributed by atoms with Gasteiger partial charge in [0.1, 0.15) is 0 Å². The summed E-state index contributed by atoms with van der Waals surface area (Å²) in [5, 5.41) is 4.30. The summed E-state index contributed by atoms with van der Waals surface area (Å²) in [7, 11) is 1.66. The molecule has 0 saturated heterocycles. The Bertz CT molecular complexity index is 441. The van der Waals surface area contributed by atoms with Crippen LogP contribution in [0.3, 0.4) is 0 Å². The van der Waals surface area contributed by atoms with Crippen molar-refractivity contribution < 1.29 is 4.74 Å². The number of benzene rings is 1. The van der Waals surface area contributed by atoms with Crippen molar-refractivity contribution in [3.05, 3.63) is 24.3 Å². The van der Waals surface area contributed by atoms with Crippen molar-refractivity contribution in [1.82, 2.24) is 4.98 Å². The van der Waals surface area contributed by atoms with Crippen molar-refractivity contribution in [2.24, 2.45) is 0 Å². The van der Waals surface area contributed by atoms with Crippen molar-refractivity contribution >= 4 is 38.3 Å². The average molecular weight is 271 g/mol. The second-order valence-electron chi connectivity index (χ2n) is 3.75. The topological polar surface area (TPSA) is 34.1 Å². The smallest absolute Gasteiger partial charge is 0.183 e. The Balaban J connectivity index is 1.86. The van der Waals surface area contributed by atoms with Gasteiger partial charge in [-0.2, -0.15) is 0 Å². The first kappa shape index (κ1) is 12.6. The largest absolute Gasteiger partial charge is 0.383 e. The fourth-order valence-corrected chi connectivity index (χ4v) is 2.67. The minimum Gasteiger partial charge on any atom is -0.383 e. The molecular formula is C12H15ClN2OS. The fourth-order valence-electron chi connectivity index (χ4n) is 1.55. The van der Waals surface area contributed by atoms with Gasteiger partial charge in [0.2, 0.25) is 0 Å². The third-order valence-electron chi connectivity index (χ3n) is 2.38. The number of alkyl halides is 1. The van der Waals surface area contributed by atoms with E-state index in [0.717, 1.165) is 23.6 Å². The van der Waals surface area contributed by atoms with Gasteiger partial charge in [-0.1, -0.05) is 23.5 Å². The number of halogens is 1. The normalized spacial score (nSPS) is 12.8. The molecular weight excluding hydrogens is 256 g/mol. The zero-order chi connectivity index (χ0) is 12.1. The molecule has 0 fully saturated rings. The summed E-state index contributed by atoms with van der Waals surface area (Å²) in [6.45, 7) is 1.40. The molecule has 2 aromatic rings. The van der Waals surface area contributed by atoms with Crippen LogP contribution in [0.25, 0.3) is 10.2 Å². The van der Waals surface area contributed by atoms with E-state index in [1.54, 1.807) is 18.4 Å². The van der Waals surface area contributed by atoms with Crippen LogP contribution < -0.4 is 5.32 Å². The first-order chi connectivity index (χ1) is 8.29. The number of ether oxygens (including phenoxy) is 1. The summed E-state index contributed by atoms with van der Waals surface area (Å²) < 4.78 is 6.18. The lowest BCUT2D eigenvalue weighted by molar-refractivity contribution is 0.196. The molecule has 1 heterocycles. The summed E-state index contributed by atoms with van der Waals surface area (Å²) >= 11 is 7.71. The highest BCUT2D eigenvalue weighted by atomic mass is 35.5. The summed E-state index contributed by atoms with van der Waals surface area (Å²) in [5.74, 6) is 0. The second-order valence-corrected chi connectivity index (χ2v) is 5.40. The minimum absolute atomic E-state index is 0.0573. The zero-order valence-electron chi connectivity index (χ0n) is 9.65. The van der Waals surface area contributed by atoms with Crippen LogP contribution in [-0.2, 0) is 4.74 Å². The Morgan fingerprint density at radius 1 is 1.47 bits per heavy atom. The Morgan fingerprint density at radius 3 is 3.06 bits per heavy atom. The van der Waals surface area contributed by atoms with Crippen molar-refractivity contribution in [3.8, 4) is 0 Å². The van der Waals surface area contributed by atoms with Crippen molar-refractivity contribution in [1.29, 1.82) is 0 Å². The molecule has 0 radical (unpaired) electrons. The first-order valence-electron chi connectivity index (χ1n) is 5.52. The molecule has 1 aromatic heterocycles. The standard InChI is InChI=1S/C12H15ClN2OS/c1-16-8-9(13)6-7-14-12-15-10-4-2-3-5-11(10)17-12/h2-5,9H,6-8H2,1H3,(H,14,15). The number of hydrogen-bond acceptors (Lipinski definition) is 4. The number of methoxy groups -OCH3 is 1. The van der Waals surface area contributed by atoms with Gasteiger partial charge >= 0.3 is 0 Å². The van der Waals surface area contributed by atoms with E-state index in [9.17, 15) is 0 Å². The highest BCUT2D eigenvalue weighted by molar-refractivity contribution is 7.22. The third-order valence-corrected chi connectivity index (χ3v) is 3.71. The molecule has 0 saturated carbocycles. The second kappa shape index (κ2) is 6.19. The summed E-state index contributed by atoms with van der Waals surface area (Å²) in [5.41, 5.74) is 1.04. The molecule has 0 aliphatic carbocycles. The molecule has 17 heavy (non-hydrogen) atoms. The minimum atomic E-state index is 0.0573. The molecule has 92 valence electrons. The zero-order valence-corrected chi connectivity index (χ0v) is 11.2. The van der Waals surface area contributed by atoms with E-state index >= 15 is 0 Å². The first-order valence-corrected chi connectivity index (χ1v) is 6.77. The maximum atomic E-state index is 6.04. The number of hydrogen-bond donors (Lipinski definition) is 1. The molecule has 1 atom stereocenters. The molecule has 1 aromatic carbocycles. The predicted molar refractivity (Wildman–Crippen MR) is 74.2 cm³/mol. The Morgan fingerprint density at radius 2 is 2.29 bits per heavy atom. The Labute approximate surface area is 110 Å². The molecule has 2 rings (SSSR count). The monoisotopic (exact) mass is 270 g/mol. The lowest BCUT2D eigenvalue weighted by atomic mass is 10.3. The number of para-hydroxylation sites is 1. The Hall–Kier alpha value is -0.840. The number of aromatic nitrogens is 1. The van der Waals surface area contributed by atoms with Gasteiger partial charge in [0.15, 0.2) is 5.13 Å². The number of rotatable bonds is 6. The van der Waals surface area contributed by atoms with Crippen LogP contribution in [0.2, 0.25) is 0 Å². The molecule has 1 unspecified atom stereocenters. The van der Waals surface area contributed by atoms with E-state index in [4.69, 9.17) is 16.3 Å². The lowest BCUT2D eigenvalue weighted by Gasteiger charge is -2.07. The highest BCUT2D eigenvalue weighted by Gasteiger charge is 2.05. The van der Waals surface area contributed by atoms with Crippen LogP contribution in [0.5, 0.6) is 0 Å². The highest BCUT2D eigenvalue weighted by Crippen LogP contribution is 2.25. The van der Waals surface area contributed by atoms with E-state index in [-0.39, 0.29) is 5.38 Å². The van der Waals surface area contributed by atoms with Crippen LogP contribution in [0.4, 0.5) is 5.13 Å². The fraction of sp³-hybridized carbons (Fsp3) is 0.417. The van der Waals surface area contributed by atoms with Gasteiger partial charge in [-0.3, -0.25) is 0 Å². The van der Waals surface area contributed by atoms with Gasteiger partial charge < -0.3 is 10.1 Å². The van der Waals surface area contributed by atoms with Crippen molar-refractivity contribution in [2.45, 2.75) is 11.8 Å². The third kappa shape index (κ3) is 3.56. The van der Waals surface area contributed by atoms with Gasteiger partial charge in [-0.15, -0.1) is 11.6 Å². The maximum Gasteiger partial charge on any atom is 0.183 e. The quantitative estimate of drug-likeness (QED) is 0.818. The van der Waals surface area contributed by atoms with E-state index in [1.165, 1.54) is 4.70 Å². The van der Waals surface area contributed by atoms with Crippen LogP contribution in [0.15, 0.2) is 24.3 Å². The van der Waals surface area contributed by atoms with Crippen LogP contribution >= 0.6 is 22.9 Å². The summed E-state index contributed by atoms with van der Waals surface area (Å²) in [6, 6.07) is 8.12. The number of nitrogens with zero attached hydrogens (tertiary/aromatic N) is 1. The molecule has 0 amide bonds. The number of thiazole rings is 1. The van der Waals surface area contributed by atoms with E-state index < -0.39 is 0 Å². The van der Waals surface area contributed by atoms with E-state index in [2.05, 4.69) is 16.4 Å². The van der Waals surface area contributed by atoms with Crippen LogP contribution in [0, 0.1) is 0 Å². The van der Waals surface area contributed by atoms with Crippen molar-refractivity contribution in [3.63, 3.8) is 0 Å². The van der Waals surface area contributed by atoms with E-state index in [0.29, 0.717) is 6.61 Å². The number of anilines is 1. The molecule has 0 spiro atoms. The number of nitrogens with one attached hydrogen (secondary N) is 1. The van der Waals surface area contributed by atoms with Gasteiger partial charge in [0.25, 0.3) is 0 Å². The molecule has 0 aliphatic heterocycles. The van der Waals surface area contributed by atoms with Gasteiger partial charge in [0.05, 0.1) is 22.2 Å². The molecule has 3 nitrogen and oxygen atoms in total. The average Bonchev–Trinajstić information content (AvgIpc) is 2.71.